The summed E-state index contributed by atoms with van der Waals surface area (Å²) in [5.41, 5.74) is 0.516. The Labute approximate surface area is 90.3 Å². The first kappa shape index (κ1) is 9.67. The Hall–Kier alpha value is -1.88. The molecule has 0 saturated carbocycles. The fourth-order valence-corrected chi connectivity index (χ4v) is 1.61. The van der Waals surface area contributed by atoms with Crippen LogP contribution < -0.4 is 5.32 Å². The topological polar surface area (TPSA) is 63.2 Å². The molecule has 0 unspecified atom stereocenters. The van der Waals surface area contributed by atoms with Crippen LogP contribution in [0.5, 0.6) is 0 Å². The number of thiocarbonyl (C=S) groups is 1. The predicted molar refractivity (Wildman–Crippen MR) is 56.2 cm³/mol. The summed E-state index contributed by atoms with van der Waals surface area (Å²) >= 11 is 4.50. The van der Waals surface area contributed by atoms with Crippen molar-refractivity contribution in [3.8, 4) is 0 Å². The van der Waals surface area contributed by atoms with E-state index >= 15 is 0 Å². The average Bonchev–Trinajstić information content (AvgIpc) is 2.54. The van der Waals surface area contributed by atoms with Crippen LogP contribution >= 0.6 is 12.2 Å². The van der Waals surface area contributed by atoms with Crippen LogP contribution in [-0.4, -0.2) is 23.0 Å². The number of nitrogens with one attached hydrogen (secondary N) is 1. The highest BCUT2D eigenvalue weighted by molar-refractivity contribution is 7.80. The van der Waals surface area contributed by atoms with Gasteiger partial charge in [-0.15, -0.1) is 0 Å². The van der Waals surface area contributed by atoms with Crippen molar-refractivity contribution < 1.29 is 14.4 Å². The third-order valence-corrected chi connectivity index (χ3v) is 2.35. The van der Waals surface area contributed by atoms with Gasteiger partial charge < -0.3 is 0 Å². The van der Waals surface area contributed by atoms with Crippen LogP contribution in [0.1, 0.15) is 31.1 Å². The summed E-state index contributed by atoms with van der Waals surface area (Å²) in [5, 5.41) is 3.07. The maximum atomic E-state index is 11.4. The van der Waals surface area contributed by atoms with Crippen molar-refractivity contribution in [2.24, 2.45) is 0 Å². The minimum Gasteiger partial charge on any atom is -0.288 e. The number of rotatable bonds is 2. The summed E-state index contributed by atoms with van der Waals surface area (Å²) in [4.78, 5) is 34.0. The summed E-state index contributed by atoms with van der Waals surface area (Å²) in [6.45, 7) is 0. The van der Waals surface area contributed by atoms with Gasteiger partial charge in [-0.3, -0.25) is 19.7 Å². The third kappa shape index (κ3) is 1.37. The van der Waals surface area contributed by atoms with Crippen LogP contribution in [0.15, 0.2) is 18.2 Å². The lowest BCUT2D eigenvalue weighted by Crippen LogP contribution is -2.20. The fourth-order valence-electron chi connectivity index (χ4n) is 1.49. The number of carbonyl (C=O) groups is 3. The molecule has 0 fully saturated rings. The Morgan fingerprint density at radius 2 is 2.00 bits per heavy atom. The number of Topliss-reactive ketones (excluding diaryl/α,β-unsaturated/α-hetero) is 1. The molecule has 0 atom stereocenters. The number of benzene rings is 1. The van der Waals surface area contributed by atoms with Crippen molar-refractivity contribution in [1.29, 1.82) is 0 Å². The Morgan fingerprint density at radius 3 is 2.67 bits per heavy atom. The highest BCUT2D eigenvalue weighted by Crippen LogP contribution is 2.19. The number of hydrogen-bond acceptors (Lipinski definition) is 4. The van der Waals surface area contributed by atoms with Crippen molar-refractivity contribution in [1.82, 2.24) is 5.32 Å². The Bertz CT molecular complexity index is 507. The van der Waals surface area contributed by atoms with Crippen molar-refractivity contribution in [2.45, 2.75) is 0 Å². The van der Waals surface area contributed by atoms with Crippen LogP contribution in [0, 0.1) is 0 Å². The molecule has 2 amide bonds. The zero-order chi connectivity index (χ0) is 11.0. The molecule has 0 bridgehead atoms. The van der Waals surface area contributed by atoms with Gasteiger partial charge in [-0.25, -0.2) is 0 Å². The number of amides is 2. The van der Waals surface area contributed by atoms with Gasteiger partial charge in [-0.05, 0) is 6.07 Å². The Kier molecular flexibility index (Phi) is 2.17. The second-order valence-electron chi connectivity index (χ2n) is 2.99. The van der Waals surface area contributed by atoms with E-state index in [1.807, 2.05) is 0 Å². The third-order valence-electron chi connectivity index (χ3n) is 2.14. The molecule has 1 aromatic rings. The summed E-state index contributed by atoms with van der Waals surface area (Å²) in [6.07, 6.45) is 0. The fraction of sp³-hybridized carbons (Fsp3) is 0. The summed E-state index contributed by atoms with van der Waals surface area (Å²) in [6, 6.07) is 4.51. The standard InChI is InChI=1S/C10H5NO3S/c12-7(4-15)5-2-1-3-6-8(5)10(14)11-9(6)13/h1-4H,(H,11,13,14). The summed E-state index contributed by atoms with van der Waals surface area (Å²) < 4.78 is 0. The molecule has 2 rings (SSSR count). The normalized spacial score (nSPS) is 13.3. The molecule has 1 aromatic carbocycles. The Morgan fingerprint density at radius 1 is 1.27 bits per heavy atom. The molecular formula is C10H5NO3S. The Balaban J connectivity index is 2.70. The monoisotopic (exact) mass is 219 g/mol. The second kappa shape index (κ2) is 3.36. The van der Waals surface area contributed by atoms with E-state index in [1.165, 1.54) is 12.1 Å². The van der Waals surface area contributed by atoms with E-state index < -0.39 is 17.6 Å². The summed E-state index contributed by atoms with van der Waals surface area (Å²) in [5.74, 6) is -1.46. The lowest BCUT2D eigenvalue weighted by atomic mass is 10.0. The second-order valence-corrected chi connectivity index (χ2v) is 3.23. The maximum absolute atomic E-state index is 11.4. The van der Waals surface area contributed by atoms with E-state index in [-0.39, 0.29) is 16.7 Å². The van der Waals surface area contributed by atoms with Gasteiger partial charge in [0, 0.05) is 10.9 Å². The molecule has 1 aliphatic heterocycles. The van der Waals surface area contributed by atoms with E-state index in [0.29, 0.717) is 0 Å². The smallest absolute Gasteiger partial charge is 0.259 e. The molecule has 0 aliphatic carbocycles. The minimum atomic E-state index is -0.546. The molecule has 4 nitrogen and oxygen atoms in total. The van der Waals surface area contributed by atoms with Crippen molar-refractivity contribution in [3.63, 3.8) is 0 Å². The van der Waals surface area contributed by atoms with E-state index in [4.69, 9.17) is 0 Å². The van der Waals surface area contributed by atoms with Gasteiger partial charge in [0.2, 0.25) is 0 Å². The van der Waals surface area contributed by atoms with Crippen LogP contribution in [0.2, 0.25) is 0 Å². The van der Waals surface area contributed by atoms with E-state index in [9.17, 15) is 14.4 Å². The van der Waals surface area contributed by atoms with Crippen molar-refractivity contribution >= 4 is 35.2 Å². The largest absolute Gasteiger partial charge is 0.288 e. The minimum absolute atomic E-state index is 0.119. The van der Waals surface area contributed by atoms with E-state index in [0.717, 1.165) is 5.37 Å². The average molecular weight is 219 g/mol. The van der Waals surface area contributed by atoms with Gasteiger partial charge in [0.25, 0.3) is 11.8 Å². The molecule has 1 N–H and O–H groups in total. The van der Waals surface area contributed by atoms with Gasteiger partial charge in [0.05, 0.1) is 11.1 Å². The molecule has 0 radical (unpaired) electrons. The van der Waals surface area contributed by atoms with Crippen molar-refractivity contribution in [2.75, 3.05) is 0 Å². The number of hydrogen-bond donors (Lipinski definition) is 1. The first-order chi connectivity index (χ1) is 7.15. The zero-order valence-electron chi connectivity index (χ0n) is 7.44. The van der Waals surface area contributed by atoms with Crippen LogP contribution in [0.25, 0.3) is 0 Å². The van der Waals surface area contributed by atoms with Crippen LogP contribution in [0.3, 0.4) is 0 Å². The lowest BCUT2D eigenvalue weighted by Gasteiger charge is -2.00. The number of ketones is 1. The lowest BCUT2D eigenvalue weighted by molar-refractivity contribution is 0.0876. The molecule has 1 heterocycles. The van der Waals surface area contributed by atoms with E-state index in [1.54, 1.807) is 6.07 Å². The molecule has 74 valence electrons. The molecule has 15 heavy (non-hydrogen) atoms. The molecule has 0 saturated heterocycles. The molecular weight excluding hydrogens is 214 g/mol. The highest BCUT2D eigenvalue weighted by Gasteiger charge is 2.30. The molecule has 0 aromatic heterocycles. The number of imide groups is 1. The number of fused-ring (bicyclic) bond motifs is 1. The molecule has 1 aliphatic rings. The molecule has 0 spiro atoms. The first-order valence-corrected chi connectivity index (χ1v) is 4.60. The zero-order valence-corrected chi connectivity index (χ0v) is 8.26. The SMILES string of the molecule is O=C(C=S)c1cccc2c1C(=O)NC2=O. The molecule has 5 heteroatoms. The van der Waals surface area contributed by atoms with E-state index in [2.05, 4.69) is 17.5 Å². The van der Waals surface area contributed by atoms with Crippen molar-refractivity contribution in [3.05, 3.63) is 34.9 Å². The highest BCUT2D eigenvalue weighted by atomic mass is 32.1. The van der Waals surface area contributed by atoms with Crippen LogP contribution in [-0.2, 0) is 0 Å². The maximum Gasteiger partial charge on any atom is 0.259 e. The first-order valence-electron chi connectivity index (χ1n) is 4.13. The van der Waals surface area contributed by atoms with Crippen LogP contribution in [0.4, 0.5) is 0 Å². The van der Waals surface area contributed by atoms with Gasteiger partial charge >= 0.3 is 0 Å². The predicted octanol–water partition coefficient (Wildman–Crippen LogP) is 0.753. The van der Waals surface area contributed by atoms with Gasteiger partial charge in [-0.1, -0.05) is 24.4 Å². The number of carbonyl (C=O) groups excluding carboxylic acids is 3. The van der Waals surface area contributed by atoms with Gasteiger partial charge in [0.1, 0.15) is 0 Å². The quantitative estimate of drug-likeness (QED) is 0.453. The van der Waals surface area contributed by atoms with Gasteiger partial charge in [-0.2, -0.15) is 0 Å². The summed E-state index contributed by atoms with van der Waals surface area (Å²) in [7, 11) is 0. The van der Waals surface area contributed by atoms with Gasteiger partial charge in [0.15, 0.2) is 5.78 Å².